The average molecular weight is 521 g/mol. The smallest absolute Gasteiger partial charge is 0.322 e. The minimum atomic E-state index is -4.46. The van der Waals surface area contributed by atoms with E-state index in [0.717, 1.165) is 17.7 Å². The maximum absolute atomic E-state index is 13.5. The van der Waals surface area contributed by atoms with Gasteiger partial charge >= 0.3 is 12.2 Å². The third-order valence-electron chi connectivity index (χ3n) is 6.59. The zero-order chi connectivity index (χ0) is 26.8. The van der Waals surface area contributed by atoms with Crippen LogP contribution in [0, 0.1) is 6.92 Å². The van der Waals surface area contributed by atoms with Crippen LogP contribution in [0.1, 0.15) is 33.2 Å². The van der Waals surface area contributed by atoms with Crippen molar-refractivity contribution in [2.75, 3.05) is 11.4 Å². The number of carbonyl (C=O) groups is 3. The van der Waals surface area contributed by atoms with Crippen LogP contribution in [0.25, 0.3) is 22.3 Å². The molecule has 13 heteroatoms. The van der Waals surface area contributed by atoms with Crippen LogP contribution in [-0.2, 0) is 17.5 Å². The number of fused-ring (bicyclic) bond motifs is 2. The van der Waals surface area contributed by atoms with Crippen LogP contribution in [0.15, 0.2) is 48.8 Å². The van der Waals surface area contributed by atoms with E-state index < -0.39 is 29.7 Å². The number of amides is 4. The first-order valence-corrected chi connectivity index (χ1v) is 11.5. The van der Waals surface area contributed by atoms with Crippen LogP contribution in [0.3, 0.4) is 0 Å². The van der Waals surface area contributed by atoms with Gasteiger partial charge in [0.05, 0.1) is 23.8 Å². The summed E-state index contributed by atoms with van der Waals surface area (Å²) < 4.78 is 40.6. The molecule has 1 atom stereocenters. The summed E-state index contributed by atoms with van der Waals surface area (Å²) in [7, 11) is 0. The van der Waals surface area contributed by atoms with Crippen LogP contribution in [0.5, 0.6) is 0 Å². The SMILES string of the molecule is Cc1cc(-c2ncc3cc(C(F)(F)F)ccc3n2)ccc1N1CCn2ncc(C3NC(=O)NC3=O)c2C1=O. The maximum atomic E-state index is 13.5. The summed E-state index contributed by atoms with van der Waals surface area (Å²) in [5.74, 6) is -0.586. The van der Waals surface area contributed by atoms with Crippen molar-refractivity contribution >= 4 is 34.4 Å². The molecule has 6 rings (SSSR count). The number of alkyl halides is 3. The Kier molecular flexibility index (Phi) is 5.19. The van der Waals surface area contributed by atoms with Crippen molar-refractivity contribution < 1.29 is 27.6 Å². The minimum absolute atomic E-state index is 0.221. The number of imide groups is 1. The Morgan fingerprint density at radius 3 is 2.55 bits per heavy atom. The summed E-state index contributed by atoms with van der Waals surface area (Å²) in [4.78, 5) is 47.5. The number of aromatic nitrogens is 4. The molecule has 38 heavy (non-hydrogen) atoms. The van der Waals surface area contributed by atoms with Crippen molar-refractivity contribution in [2.24, 2.45) is 0 Å². The summed E-state index contributed by atoms with van der Waals surface area (Å²) in [6.07, 6.45) is -1.69. The van der Waals surface area contributed by atoms with Crippen molar-refractivity contribution in [2.45, 2.75) is 25.7 Å². The highest BCUT2D eigenvalue weighted by molar-refractivity contribution is 6.10. The molecular formula is C25H18F3N7O3. The molecule has 4 heterocycles. The molecule has 0 radical (unpaired) electrons. The molecule has 1 unspecified atom stereocenters. The fourth-order valence-corrected chi connectivity index (χ4v) is 4.75. The molecule has 0 saturated carbocycles. The van der Waals surface area contributed by atoms with Crippen LogP contribution in [-0.4, -0.2) is 44.1 Å². The Morgan fingerprint density at radius 1 is 1.03 bits per heavy atom. The number of carbonyl (C=O) groups excluding carboxylic acids is 3. The average Bonchev–Trinajstić information content (AvgIpc) is 3.45. The van der Waals surface area contributed by atoms with Gasteiger partial charge in [-0.25, -0.2) is 14.8 Å². The summed E-state index contributed by atoms with van der Waals surface area (Å²) in [6, 6.07) is 6.94. The highest BCUT2D eigenvalue weighted by Crippen LogP contribution is 2.33. The van der Waals surface area contributed by atoms with E-state index in [9.17, 15) is 27.6 Å². The molecule has 1 saturated heterocycles. The van der Waals surface area contributed by atoms with Crippen molar-refractivity contribution in [3.8, 4) is 11.4 Å². The van der Waals surface area contributed by atoms with E-state index in [2.05, 4.69) is 25.7 Å². The van der Waals surface area contributed by atoms with Gasteiger partial charge in [-0.3, -0.25) is 19.6 Å². The molecule has 2 N–H and O–H groups in total. The van der Waals surface area contributed by atoms with Crippen LogP contribution < -0.4 is 15.5 Å². The number of nitrogens with zero attached hydrogens (tertiary/aromatic N) is 5. The second-order valence-electron chi connectivity index (χ2n) is 8.99. The second-order valence-corrected chi connectivity index (χ2v) is 8.99. The molecule has 2 aliphatic rings. The van der Waals surface area contributed by atoms with Gasteiger partial charge in [0.2, 0.25) is 0 Å². The van der Waals surface area contributed by atoms with E-state index in [4.69, 9.17) is 0 Å². The van der Waals surface area contributed by atoms with Gasteiger partial charge in [0.25, 0.3) is 11.8 Å². The topological polar surface area (TPSA) is 122 Å². The molecule has 2 aromatic heterocycles. The van der Waals surface area contributed by atoms with E-state index in [1.54, 1.807) is 23.1 Å². The number of hydrogen-bond acceptors (Lipinski definition) is 6. The van der Waals surface area contributed by atoms with E-state index in [1.165, 1.54) is 23.1 Å². The zero-order valence-electron chi connectivity index (χ0n) is 19.7. The van der Waals surface area contributed by atoms with Gasteiger partial charge < -0.3 is 10.2 Å². The lowest BCUT2D eigenvalue weighted by molar-refractivity contribution is -0.137. The maximum Gasteiger partial charge on any atom is 0.416 e. The van der Waals surface area contributed by atoms with Gasteiger partial charge in [0.1, 0.15) is 11.7 Å². The predicted octanol–water partition coefficient (Wildman–Crippen LogP) is 3.36. The van der Waals surface area contributed by atoms with Crippen molar-refractivity contribution in [3.63, 3.8) is 0 Å². The second kappa shape index (κ2) is 8.36. The Bertz CT molecular complexity index is 1660. The predicted molar refractivity (Wildman–Crippen MR) is 128 cm³/mol. The Balaban J connectivity index is 1.30. The number of anilines is 1. The molecule has 1 fully saturated rings. The van der Waals surface area contributed by atoms with Gasteiger partial charge in [-0.05, 0) is 48.9 Å². The molecule has 4 amide bonds. The van der Waals surface area contributed by atoms with Gasteiger partial charge in [-0.1, -0.05) is 0 Å². The van der Waals surface area contributed by atoms with Gasteiger partial charge in [0.15, 0.2) is 5.82 Å². The molecule has 2 aliphatic heterocycles. The summed E-state index contributed by atoms with van der Waals surface area (Å²) >= 11 is 0. The highest BCUT2D eigenvalue weighted by Gasteiger charge is 2.39. The highest BCUT2D eigenvalue weighted by atomic mass is 19.4. The van der Waals surface area contributed by atoms with Crippen molar-refractivity contribution in [1.82, 2.24) is 30.4 Å². The van der Waals surface area contributed by atoms with E-state index >= 15 is 0 Å². The largest absolute Gasteiger partial charge is 0.416 e. The lowest BCUT2D eigenvalue weighted by atomic mass is 10.0. The standard InChI is InChI=1S/C25H18F3N7O3/c1-12-8-13(21-29-10-14-9-15(25(26,27)28)3-4-17(14)31-21)2-5-18(12)34-6-7-35-20(23(34)37)16(11-30-35)19-22(36)33-24(38)32-19/h2-5,8-11,19H,6-7H2,1H3,(H2,32,33,36,38). The quantitative estimate of drug-likeness (QED) is 0.399. The van der Waals surface area contributed by atoms with E-state index in [1.807, 2.05) is 6.92 Å². The Morgan fingerprint density at radius 2 is 1.84 bits per heavy atom. The monoisotopic (exact) mass is 521 g/mol. The molecule has 10 nitrogen and oxygen atoms in total. The molecule has 0 aliphatic carbocycles. The zero-order valence-corrected chi connectivity index (χ0v) is 19.7. The number of nitrogens with one attached hydrogen (secondary N) is 2. The number of rotatable bonds is 3. The molecule has 4 aromatic rings. The Labute approximate surface area is 212 Å². The summed E-state index contributed by atoms with van der Waals surface area (Å²) in [5, 5.41) is 9.15. The van der Waals surface area contributed by atoms with Crippen LogP contribution in [0.4, 0.5) is 23.7 Å². The molecular weight excluding hydrogens is 503 g/mol. The number of aryl methyl sites for hydroxylation is 1. The first-order valence-electron chi connectivity index (χ1n) is 11.5. The fourth-order valence-electron chi connectivity index (χ4n) is 4.75. The van der Waals surface area contributed by atoms with Crippen molar-refractivity contribution in [3.05, 3.63) is 71.2 Å². The Hall–Kier alpha value is -4.81. The van der Waals surface area contributed by atoms with Crippen LogP contribution in [0.2, 0.25) is 0 Å². The molecule has 0 bridgehead atoms. The first kappa shape index (κ1) is 23.6. The number of halogens is 3. The molecule has 192 valence electrons. The van der Waals surface area contributed by atoms with Crippen molar-refractivity contribution in [1.29, 1.82) is 0 Å². The first-order chi connectivity index (χ1) is 18.1. The third-order valence-corrected chi connectivity index (χ3v) is 6.59. The summed E-state index contributed by atoms with van der Waals surface area (Å²) in [5.41, 5.74) is 2.15. The lowest BCUT2D eigenvalue weighted by Gasteiger charge is -2.30. The third kappa shape index (κ3) is 3.83. The van der Waals surface area contributed by atoms with Gasteiger partial charge in [-0.15, -0.1) is 0 Å². The van der Waals surface area contributed by atoms with E-state index in [-0.39, 0.29) is 17.0 Å². The normalized spacial score (nSPS) is 17.5. The molecule has 0 spiro atoms. The number of benzene rings is 2. The van der Waals surface area contributed by atoms with Crippen LogP contribution >= 0.6 is 0 Å². The van der Waals surface area contributed by atoms with E-state index in [0.29, 0.717) is 41.2 Å². The van der Waals surface area contributed by atoms with Gasteiger partial charge in [0, 0.05) is 34.9 Å². The lowest BCUT2D eigenvalue weighted by Crippen LogP contribution is -2.42. The summed E-state index contributed by atoms with van der Waals surface area (Å²) in [6.45, 7) is 2.54. The minimum Gasteiger partial charge on any atom is -0.322 e. The number of urea groups is 1. The fraction of sp³-hybridized carbons (Fsp3) is 0.200. The van der Waals surface area contributed by atoms with Gasteiger partial charge in [-0.2, -0.15) is 18.3 Å². The molecule has 2 aromatic carbocycles. The number of hydrogen-bond donors (Lipinski definition) is 2.